The topological polar surface area (TPSA) is 17.8 Å². The molecule has 0 aromatic carbocycles. The first-order valence-corrected chi connectivity index (χ1v) is 5.66. The Morgan fingerprint density at radius 2 is 2.46 bits per heavy atom. The molecule has 1 rings (SSSR count). The van der Waals surface area contributed by atoms with Crippen molar-refractivity contribution in [3.05, 3.63) is 23.9 Å². The van der Waals surface area contributed by atoms with Gasteiger partial charge in [-0.05, 0) is 13.0 Å². The Morgan fingerprint density at radius 1 is 1.77 bits per heavy atom. The monoisotopic (exact) mass is 214 g/mol. The van der Waals surface area contributed by atoms with Gasteiger partial charge in [0.25, 0.3) is 0 Å². The van der Waals surface area contributed by atoms with Crippen LogP contribution in [-0.2, 0) is 7.05 Å². The highest BCUT2D eigenvalue weighted by atomic mass is 32.2. The lowest BCUT2D eigenvalue weighted by Gasteiger charge is -2.01. The Kier molecular flexibility index (Phi) is 3.93. The SMILES string of the molecule is C=C(CS)CSc1cc(C)nn1C. The van der Waals surface area contributed by atoms with Crippen molar-refractivity contribution in [1.29, 1.82) is 0 Å². The van der Waals surface area contributed by atoms with Gasteiger partial charge in [0.05, 0.1) is 10.7 Å². The molecule has 0 unspecified atom stereocenters. The van der Waals surface area contributed by atoms with Crippen LogP contribution in [0.5, 0.6) is 0 Å². The van der Waals surface area contributed by atoms with Crippen LogP contribution in [0.15, 0.2) is 23.2 Å². The molecule has 13 heavy (non-hydrogen) atoms. The summed E-state index contributed by atoms with van der Waals surface area (Å²) in [6.07, 6.45) is 0. The normalized spacial score (nSPS) is 10.4. The summed E-state index contributed by atoms with van der Waals surface area (Å²) in [5, 5.41) is 5.44. The molecule has 1 aromatic rings. The highest BCUT2D eigenvalue weighted by Crippen LogP contribution is 2.20. The van der Waals surface area contributed by atoms with E-state index in [9.17, 15) is 0 Å². The van der Waals surface area contributed by atoms with Gasteiger partial charge in [0, 0.05) is 18.6 Å². The van der Waals surface area contributed by atoms with Crippen molar-refractivity contribution in [2.75, 3.05) is 11.5 Å². The lowest BCUT2D eigenvalue weighted by molar-refractivity contribution is 0.693. The Balaban J connectivity index is 2.54. The van der Waals surface area contributed by atoms with E-state index in [1.165, 1.54) is 5.03 Å². The number of hydrogen-bond donors (Lipinski definition) is 1. The van der Waals surface area contributed by atoms with Crippen LogP contribution in [0.4, 0.5) is 0 Å². The molecule has 0 aliphatic carbocycles. The Labute approximate surface area is 88.8 Å². The van der Waals surface area contributed by atoms with Gasteiger partial charge in [0.15, 0.2) is 0 Å². The van der Waals surface area contributed by atoms with Crippen molar-refractivity contribution < 1.29 is 0 Å². The van der Waals surface area contributed by atoms with E-state index in [2.05, 4.69) is 30.4 Å². The van der Waals surface area contributed by atoms with Crippen molar-refractivity contribution in [2.24, 2.45) is 7.05 Å². The van der Waals surface area contributed by atoms with Gasteiger partial charge in [0.2, 0.25) is 0 Å². The molecule has 0 atom stereocenters. The number of nitrogens with zero attached hydrogens (tertiary/aromatic N) is 2. The molecule has 0 bridgehead atoms. The van der Waals surface area contributed by atoms with E-state index in [0.717, 1.165) is 22.8 Å². The van der Waals surface area contributed by atoms with Gasteiger partial charge >= 0.3 is 0 Å². The molecule has 1 heterocycles. The smallest absolute Gasteiger partial charge is 0.0942 e. The van der Waals surface area contributed by atoms with Gasteiger partial charge < -0.3 is 0 Å². The van der Waals surface area contributed by atoms with E-state index in [0.29, 0.717) is 0 Å². The largest absolute Gasteiger partial charge is 0.262 e. The van der Waals surface area contributed by atoms with Crippen molar-refractivity contribution in [1.82, 2.24) is 9.78 Å². The number of hydrogen-bond acceptors (Lipinski definition) is 3. The van der Waals surface area contributed by atoms with Gasteiger partial charge in [-0.15, -0.1) is 11.8 Å². The molecule has 0 N–H and O–H groups in total. The fourth-order valence-corrected chi connectivity index (χ4v) is 2.14. The second-order valence-electron chi connectivity index (χ2n) is 2.94. The van der Waals surface area contributed by atoms with Crippen LogP contribution in [0.25, 0.3) is 0 Å². The highest BCUT2D eigenvalue weighted by molar-refractivity contribution is 7.99. The minimum Gasteiger partial charge on any atom is -0.262 e. The fourth-order valence-electron chi connectivity index (χ4n) is 0.944. The average molecular weight is 214 g/mol. The van der Waals surface area contributed by atoms with E-state index >= 15 is 0 Å². The first-order valence-electron chi connectivity index (χ1n) is 4.04. The van der Waals surface area contributed by atoms with Crippen LogP contribution in [0.2, 0.25) is 0 Å². The molecule has 0 spiro atoms. The van der Waals surface area contributed by atoms with E-state index in [1.54, 1.807) is 11.8 Å². The van der Waals surface area contributed by atoms with Crippen LogP contribution in [0, 0.1) is 6.92 Å². The van der Waals surface area contributed by atoms with Crippen molar-refractivity contribution in [2.45, 2.75) is 11.9 Å². The predicted molar refractivity (Wildman–Crippen MR) is 61.7 cm³/mol. The minimum absolute atomic E-state index is 0.754. The molecule has 0 aliphatic rings. The molecule has 0 amide bonds. The maximum atomic E-state index is 4.26. The summed E-state index contributed by atoms with van der Waals surface area (Å²) in [4.78, 5) is 0. The van der Waals surface area contributed by atoms with Crippen molar-refractivity contribution in [3.63, 3.8) is 0 Å². The van der Waals surface area contributed by atoms with E-state index < -0.39 is 0 Å². The number of thioether (sulfide) groups is 1. The summed E-state index contributed by atoms with van der Waals surface area (Å²) in [6.45, 7) is 5.90. The second kappa shape index (κ2) is 4.77. The number of rotatable bonds is 4. The van der Waals surface area contributed by atoms with E-state index in [4.69, 9.17) is 0 Å². The predicted octanol–water partition coefficient (Wildman–Crippen LogP) is 2.31. The molecular weight excluding hydrogens is 200 g/mol. The van der Waals surface area contributed by atoms with Gasteiger partial charge in [-0.2, -0.15) is 17.7 Å². The summed E-state index contributed by atoms with van der Waals surface area (Å²) in [5.41, 5.74) is 2.20. The third-order valence-electron chi connectivity index (χ3n) is 1.61. The summed E-state index contributed by atoms with van der Waals surface area (Å²) in [7, 11) is 1.96. The Morgan fingerprint density at radius 3 is 2.92 bits per heavy atom. The highest BCUT2D eigenvalue weighted by Gasteiger charge is 2.02. The van der Waals surface area contributed by atoms with E-state index in [1.807, 2.05) is 18.7 Å². The quantitative estimate of drug-likeness (QED) is 0.471. The zero-order valence-electron chi connectivity index (χ0n) is 7.95. The second-order valence-corrected chi connectivity index (χ2v) is 4.26. The lowest BCUT2D eigenvalue weighted by Crippen LogP contribution is -1.94. The molecule has 0 saturated carbocycles. The van der Waals surface area contributed by atoms with Crippen LogP contribution >= 0.6 is 24.4 Å². The van der Waals surface area contributed by atoms with E-state index in [-0.39, 0.29) is 0 Å². The minimum atomic E-state index is 0.754. The third-order valence-corrected chi connectivity index (χ3v) is 3.28. The molecule has 72 valence electrons. The van der Waals surface area contributed by atoms with Gasteiger partial charge in [-0.1, -0.05) is 12.2 Å². The Hall–Kier alpha value is -0.350. The molecule has 0 radical (unpaired) electrons. The van der Waals surface area contributed by atoms with Gasteiger partial charge in [0.1, 0.15) is 0 Å². The third kappa shape index (κ3) is 3.12. The molecule has 2 nitrogen and oxygen atoms in total. The standard InChI is InChI=1S/C9H14N2S2/c1-7(5-12)6-13-9-4-8(2)10-11(9)3/h4,12H,1,5-6H2,2-3H3. The van der Waals surface area contributed by atoms with Crippen LogP contribution in [-0.4, -0.2) is 21.3 Å². The number of aromatic nitrogens is 2. The first-order chi connectivity index (χ1) is 6.13. The average Bonchev–Trinajstić information content (AvgIpc) is 2.41. The molecule has 1 aromatic heterocycles. The van der Waals surface area contributed by atoms with Gasteiger partial charge in [-0.25, -0.2) is 0 Å². The van der Waals surface area contributed by atoms with Gasteiger partial charge in [-0.3, -0.25) is 4.68 Å². The fraction of sp³-hybridized carbons (Fsp3) is 0.444. The summed E-state index contributed by atoms with van der Waals surface area (Å²) in [6, 6.07) is 2.08. The molecule has 4 heteroatoms. The maximum absolute atomic E-state index is 4.26. The molecule has 0 aliphatic heterocycles. The van der Waals surface area contributed by atoms with Crippen LogP contribution in [0.1, 0.15) is 5.69 Å². The molecular formula is C9H14N2S2. The number of thiol groups is 1. The zero-order valence-corrected chi connectivity index (χ0v) is 9.66. The number of aryl methyl sites for hydroxylation is 2. The molecule has 0 saturated heterocycles. The first kappa shape index (κ1) is 10.7. The summed E-state index contributed by atoms with van der Waals surface area (Å²) >= 11 is 5.91. The van der Waals surface area contributed by atoms with Crippen molar-refractivity contribution >= 4 is 24.4 Å². The lowest BCUT2D eigenvalue weighted by atomic mass is 10.4. The van der Waals surface area contributed by atoms with Crippen LogP contribution < -0.4 is 0 Å². The molecule has 0 fully saturated rings. The summed E-state index contributed by atoms with van der Waals surface area (Å²) in [5.74, 6) is 1.67. The maximum Gasteiger partial charge on any atom is 0.0942 e. The summed E-state index contributed by atoms with van der Waals surface area (Å²) < 4.78 is 1.89. The zero-order chi connectivity index (χ0) is 9.84. The van der Waals surface area contributed by atoms with Crippen LogP contribution in [0.3, 0.4) is 0 Å². The Bertz CT molecular complexity index is 305. The van der Waals surface area contributed by atoms with Crippen molar-refractivity contribution in [3.8, 4) is 0 Å².